The van der Waals surface area contributed by atoms with E-state index in [4.69, 9.17) is 0 Å². The third-order valence-electron chi connectivity index (χ3n) is 4.81. The Hall–Kier alpha value is -2.81. The third-order valence-corrected chi connectivity index (χ3v) is 4.81. The minimum atomic E-state index is -4.50. The van der Waals surface area contributed by atoms with E-state index in [0.717, 1.165) is 24.3 Å². The Morgan fingerprint density at radius 3 is 2.54 bits per heavy atom. The quantitative estimate of drug-likeness (QED) is 0.660. The minimum absolute atomic E-state index is 0.0893. The highest BCUT2D eigenvalue weighted by Crippen LogP contribution is 2.40. The predicted molar refractivity (Wildman–Crippen MR) is 91.6 cm³/mol. The molecule has 0 amide bonds. The number of aromatic nitrogens is 2. The molecule has 1 saturated heterocycles. The van der Waals surface area contributed by atoms with Gasteiger partial charge < -0.3 is 10.0 Å². The predicted octanol–water partition coefficient (Wildman–Crippen LogP) is 4.24. The van der Waals surface area contributed by atoms with Gasteiger partial charge in [-0.25, -0.2) is 18.7 Å². The van der Waals surface area contributed by atoms with Gasteiger partial charge in [-0.3, -0.25) is 0 Å². The Balaban J connectivity index is 1.82. The zero-order chi connectivity index (χ0) is 20.1. The molecule has 1 aliphatic rings. The van der Waals surface area contributed by atoms with Gasteiger partial charge in [0.15, 0.2) is 11.6 Å². The van der Waals surface area contributed by atoms with Crippen molar-refractivity contribution in [1.29, 1.82) is 0 Å². The summed E-state index contributed by atoms with van der Waals surface area (Å²) in [4.78, 5) is 9.65. The van der Waals surface area contributed by atoms with Crippen molar-refractivity contribution in [3.8, 4) is 0 Å². The summed E-state index contributed by atoms with van der Waals surface area (Å²) in [6, 6.07) is 6.11. The molecule has 2 heterocycles. The van der Waals surface area contributed by atoms with Crippen molar-refractivity contribution in [2.75, 3.05) is 11.4 Å². The molecule has 0 radical (unpaired) electrons. The van der Waals surface area contributed by atoms with Gasteiger partial charge in [-0.1, -0.05) is 12.1 Å². The molecular formula is C19H14F5N3O. The van der Waals surface area contributed by atoms with Crippen LogP contribution in [0, 0.1) is 11.6 Å². The van der Waals surface area contributed by atoms with E-state index in [1.807, 2.05) is 0 Å². The minimum Gasteiger partial charge on any atom is -0.391 e. The molecule has 0 saturated carbocycles. The monoisotopic (exact) mass is 395 g/mol. The molecule has 2 aromatic carbocycles. The van der Waals surface area contributed by atoms with Crippen LogP contribution in [0.1, 0.15) is 23.6 Å². The first-order valence-corrected chi connectivity index (χ1v) is 8.45. The summed E-state index contributed by atoms with van der Waals surface area (Å²) in [6.07, 6.45) is -3.96. The Bertz CT molecular complexity index is 1040. The molecule has 2 atom stereocenters. The molecule has 1 aromatic heterocycles. The van der Waals surface area contributed by atoms with Crippen LogP contribution in [0.2, 0.25) is 0 Å². The van der Waals surface area contributed by atoms with E-state index in [-0.39, 0.29) is 29.7 Å². The van der Waals surface area contributed by atoms with Gasteiger partial charge in [-0.15, -0.1) is 0 Å². The van der Waals surface area contributed by atoms with Gasteiger partial charge in [-0.05, 0) is 30.2 Å². The summed E-state index contributed by atoms with van der Waals surface area (Å²) in [5.41, 5.74) is -0.291. The van der Waals surface area contributed by atoms with E-state index in [2.05, 4.69) is 9.97 Å². The maximum Gasteiger partial charge on any atom is 0.416 e. The zero-order valence-corrected chi connectivity index (χ0v) is 14.3. The van der Waals surface area contributed by atoms with Crippen molar-refractivity contribution < 1.29 is 27.1 Å². The zero-order valence-electron chi connectivity index (χ0n) is 14.3. The molecule has 4 rings (SSSR count). The van der Waals surface area contributed by atoms with Gasteiger partial charge in [0.1, 0.15) is 12.1 Å². The second-order valence-corrected chi connectivity index (χ2v) is 6.66. The molecule has 1 fully saturated rings. The molecule has 9 heteroatoms. The molecule has 0 bridgehead atoms. The average molecular weight is 395 g/mol. The number of alkyl halides is 3. The maximum absolute atomic E-state index is 13.8. The normalized spacial score (nSPS) is 20.1. The van der Waals surface area contributed by atoms with Crippen LogP contribution in [0.4, 0.5) is 27.8 Å². The van der Waals surface area contributed by atoms with Gasteiger partial charge in [0, 0.05) is 18.0 Å². The van der Waals surface area contributed by atoms with Crippen molar-refractivity contribution >= 4 is 16.7 Å². The Labute approximate surface area is 156 Å². The summed E-state index contributed by atoms with van der Waals surface area (Å²) < 4.78 is 66.5. The number of anilines is 1. The Morgan fingerprint density at radius 2 is 1.79 bits per heavy atom. The van der Waals surface area contributed by atoms with Crippen molar-refractivity contribution in [2.45, 2.75) is 24.7 Å². The lowest BCUT2D eigenvalue weighted by Crippen LogP contribution is -2.26. The SMILES string of the molecule is O[C@H]1C[C@@H](c2cccc(C(F)(F)F)c2)N(c2ncnc3cc(F)c(F)cc23)C1. The van der Waals surface area contributed by atoms with Crippen LogP contribution in [-0.2, 0) is 6.18 Å². The maximum atomic E-state index is 13.8. The summed E-state index contributed by atoms with van der Waals surface area (Å²) in [7, 11) is 0. The molecule has 28 heavy (non-hydrogen) atoms. The summed E-state index contributed by atoms with van der Waals surface area (Å²) in [6.45, 7) is 0.0893. The first-order valence-electron chi connectivity index (χ1n) is 8.45. The fourth-order valence-electron chi connectivity index (χ4n) is 3.55. The van der Waals surface area contributed by atoms with Crippen LogP contribution >= 0.6 is 0 Å². The number of halogens is 5. The van der Waals surface area contributed by atoms with Crippen LogP contribution in [0.5, 0.6) is 0 Å². The first-order chi connectivity index (χ1) is 13.2. The Morgan fingerprint density at radius 1 is 1.04 bits per heavy atom. The molecule has 146 valence electrons. The number of fused-ring (bicyclic) bond motifs is 1. The lowest BCUT2D eigenvalue weighted by atomic mass is 10.0. The van der Waals surface area contributed by atoms with Crippen LogP contribution in [-0.4, -0.2) is 27.7 Å². The second-order valence-electron chi connectivity index (χ2n) is 6.66. The van der Waals surface area contributed by atoms with Crippen LogP contribution in [0.25, 0.3) is 10.9 Å². The lowest BCUT2D eigenvalue weighted by Gasteiger charge is -2.27. The molecule has 3 aromatic rings. The fourth-order valence-corrected chi connectivity index (χ4v) is 3.55. The molecule has 0 unspecified atom stereocenters. The molecule has 0 spiro atoms. The smallest absolute Gasteiger partial charge is 0.391 e. The molecular weight excluding hydrogens is 381 g/mol. The third kappa shape index (κ3) is 3.26. The lowest BCUT2D eigenvalue weighted by molar-refractivity contribution is -0.137. The average Bonchev–Trinajstić information content (AvgIpc) is 3.03. The van der Waals surface area contributed by atoms with Gasteiger partial charge in [0.25, 0.3) is 0 Å². The molecule has 0 aliphatic carbocycles. The number of nitrogens with zero attached hydrogens (tertiary/aromatic N) is 3. The van der Waals surface area contributed by atoms with Gasteiger partial charge >= 0.3 is 6.18 Å². The number of aliphatic hydroxyl groups excluding tert-OH is 1. The first kappa shape index (κ1) is 18.5. The summed E-state index contributed by atoms with van der Waals surface area (Å²) in [5, 5.41) is 10.4. The largest absolute Gasteiger partial charge is 0.416 e. The summed E-state index contributed by atoms with van der Waals surface area (Å²) >= 11 is 0. The molecule has 1 N–H and O–H groups in total. The highest BCUT2D eigenvalue weighted by molar-refractivity contribution is 5.89. The van der Waals surface area contributed by atoms with E-state index in [0.29, 0.717) is 5.56 Å². The second kappa shape index (κ2) is 6.66. The number of hydrogen-bond acceptors (Lipinski definition) is 4. The highest BCUT2D eigenvalue weighted by atomic mass is 19.4. The number of aliphatic hydroxyl groups is 1. The molecule has 1 aliphatic heterocycles. The van der Waals surface area contributed by atoms with Crippen molar-refractivity contribution in [3.63, 3.8) is 0 Å². The Kier molecular flexibility index (Phi) is 4.41. The van der Waals surface area contributed by atoms with Gasteiger partial charge in [-0.2, -0.15) is 13.2 Å². The van der Waals surface area contributed by atoms with E-state index in [1.54, 1.807) is 4.90 Å². The van der Waals surface area contributed by atoms with E-state index >= 15 is 0 Å². The number of benzene rings is 2. The van der Waals surface area contributed by atoms with E-state index in [1.165, 1.54) is 18.5 Å². The standard InChI is InChI=1S/C19H14F5N3O/c20-14-6-13-16(7-15(14)21)25-9-26-18(13)27-8-12(28)5-17(27)10-2-1-3-11(4-10)19(22,23)24/h1-4,6-7,9,12,17,28H,5,8H2/t12-,17-/m0/s1. The van der Waals surface area contributed by atoms with Crippen LogP contribution in [0.3, 0.4) is 0 Å². The summed E-state index contributed by atoms with van der Waals surface area (Å²) in [5.74, 6) is -1.92. The molecule has 4 nitrogen and oxygen atoms in total. The highest BCUT2D eigenvalue weighted by Gasteiger charge is 2.36. The van der Waals surface area contributed by atoms with Gasteiger partial charge in [0.05, 0.1) is 23.2 Å². The van der Waals surface area contributed by atoms with E-state index in [9.17, 15) is 27.1 Å². The van der Waals surface area contributed by atoms with Gasteiger partial charge in [0.2, 0.25) is 0 Å². The topological polar surface area (TPSA) is 49.2 Å². The number of rotatable bonds is 2. The van der Waals surface area contributed by atoms with Crippen LogP contribution < -0.4 is 4.90 Å². The van der Waals surface area contributed by atoms with Crippen LogP contribution in [0.15, 0.2) is 42.7 Å². The van der Waals surface area contributed by atoms with Crippen molar-refractivity contribution in [1.82, 2.24) is 9.97 Å². The van der Waals surface area contributed by atoms with Crippen molar-refractivity contribution in [2.24, 2.45) is 0 Å². The van der Waals surface area contributed by atoms with Crippen molar-refractivity contribution in [3.05, 3.63) is 65.5 Å². The number of β-amino-alcohol motifs (C(OH)–C–C–N with tert-alkyl or cyclic N) is 1. The van der Waals surface area contributed by atoms with E-state index < -0.39 is 35.5 Å². The number of hydrogen-bond donors (Lipinski definition) is 1. The fraction of sp³-hybridized carbons (Fsp3) is 0.263.